The van der Waals surface area contributed by atoms with Crippen molar-refractivity contribution in [1.29, 1.82) is 0 Å². The zero-order valence-electron chi connectivity index (χ0n) is 8.79. The van der Waals surface area contributed by atoms with Crippen LogP contribution in [0, 0.1) is 0 Å². The highest BCUT2D eigenvalue weighted by Gasteiger charge is 2.18. The largest absolute Gasteiger partial charge is 0.392 e. The molecule has 0 amide bonds. The molecule has 0 aromatic heterocycles. The summed E-state index contributed by atoms with van der Waals surface area (Å²) in [5, 5.41) is 12.3. The van der Waals surface area contributed by atoms with Gasteiger partial charge in [0, 0.05) is 25.7 Å². The number of nitrogens with zero attached hydrogens (tertiary/aromatic N) is 1. The highest BCUT2D eigenvalue weighted by atomic mass is 16.3. The van der Waals surface area contributed by atoms with Crippen LogP contribution in [0.3, 0.4) is 0 Å². The maximum atomic E-state index is 9.02. The van der Waals surface area contributed by atoms with E-state index in [0.29, 0.717) is 6.54 Å². The molecule has 0 aromatic rings. The first-order chi connectivity index (χ1) is 6.20. The van der Waals surface area contributed by atoms with Crippen LogP contribution >= 0.6 is 0 Å². The zero-order valence-corrected chi connectivity index (χ0v) is 8.79. The zero-order chi connectivity index (χ0) is 9.68. The maximum absolute atomic E-state index is 9.02. The number of aliphatic hydroxyl groups is 1. The quantitative estimate of drug-likeness (QED) is 0.612. The average Bonchev–Trinajstić information content (AvgIpc) is 2.45. The topological polar surface area (TPSA) is 35.5 Å². The second-order valence-electron chi connectivity index (χ2n) is 4.08. The Bertz CT molecular complexity index is 139. The molecule has 2 N–H and O–H groups in total. The molecular formula is C10H22N2O. The van der Waals surface area contributed by atoms with E-state index in [-0.39, 0.29) is 6.10 Å². The molecule has 2 atom stereocenters. The van der Waals surface area contributed by atoms with E-state index in [0.717, 1.165) is 19.1 Å². The summed E-state index contributed by atoms with van der Waals surface area (Å²) < 4.78 is 0. The highest BCUT2D eigenvalue weighted by Crippen LogP contribution is 2.14. The lowest BCUT2D eigenvalue weighted by atomic mass is 10.2. The van der Waals surface area contributed by atoms with E-state index in [1.807, 2.05) is 6.92 Å². The van der Waals surface area contributed by atoms with Gasteiger partial charge in [0.2, 0.25) is 0 Å². The average molecular weight is 186 g/mol. The van der Waals surface area contributed by atoms with Crippen molar-refractivity contribution in [1.82, 2.24) is 10.2 Å². The fourth-order valence-corrected chi connectivity index (χ4v) is 1.86. The van der Waals surface area contributed by atoms with Gasteiger partial charge in [-0.15, -0.1) is 0 Å². The molecule has 3 heteroatoms. The lowest BCUT2D eigenvalue weighted by Gasteiger charge is -2.21. The molecule has 1 rings (SSSR count). The lowest BCUT2D eigenvalue weighted by Crippen LogP contribution is -2.36. The van der Waals surface area contributed by atoms with Gasteiger partial charge in [0.05, 0.1) is 6.10 Å². The fraction of sp³-hybridized carbons (Fsp3) is 1.00. The molecule has 0 bridgehead atoms. The SMILES string of the molecule is CC(O)CNCCN1CCCC1C. The van der Waals surface area contributed by atoms with Gasteiger partial charge in [0.25, 0.3) is 0 Å². The maximum Gasteiger partial charge on any atom is 0.0636 e. The second-order valence-corrected chi connectivity index (χ2v) is 4.08. The molecule has 3 nitrogen and oxygen atoms in total. The first-order valence-electron chi connectivity index (χ1n) is 5.33. The molecule has 13 heavy (non-hydrogen) atoms. The van der Waals surface area contributed by atoms with Gasteiger partial charge in [-0.3, -0.25) is 4.90 Å². The number of hydrogen-bond acceptors (Lipinski definition) is 3. The van der Waals surface area contributed by atoms with E-state index in [1.165, 1.54) is 19.4 Å². The Labute approximate surface area is 81.1 Å². The Morgan fingerprint density at radius 1 is 1.62 bits per heavy atom. The summed E-state index contributed by atoms with van der Waals surface area (Å²) in [4.78, 5) is 2.51. The molecule has 1 heterocycles. The molecule has 1 saturated heterocycles. The first-order valence-corrected chi connectivity index (χ1v) is 5.33. The predicted molar refractivity (Wildman–Crippen MR) is 54.8 cm³/mol. The van der Waals surface area contributed by atoms with E-state index in [9.17, 15) is 0 Å². The van der Waals surface area contributed by atoms with Crippen molar-refractivity contribution in [2.24, 2.45) is 0 Å². The van der Waals surface area contributed by atoms with Crippen molar-refractivity contribution in [3.05, 3.63) is 0 Å². The highest BCUT2D eigenvalue weighted by molar-refractivity contribution is 4.75. The third kappa shape index (κ3) is 4.07. The normalized spacial score (nSPS) is 26.5. The van der Waals surface area contributed by atoms with Gasteiger partial charge < -0.3 is 10.4 Å². The van der Waals surface area contributed by atoms with E-state index < -0.39 is 0 Å². The van der Waals surface area contributed by atoms with E-state index in [4.69, 9.17) is 5.11 Å². The van der Waals surface area contributed by atoms with Crippen LogP contribution in [-0.2, 0) is 0 Å². The Kier molecular flexibility index (Phi) is 4.70. The van der Waals surface area contributed by atoms with Gasteiger partial charge in [-0.1, -0.05) is 0 Å². The summed E-state index contributed by atoms with van der Waals surface area (Å²) >= 11 is 0. The Hall–Kier alpha value is -0.120. The minimum Gasteiger partial charge on any atom is -0.392 e. The molecule has 0 radical (unpaired) electrons. The van der Waals surface area contributed by atoms with Crippen LogP contribution in [0.4, 0.5) is 0 Å². The lowest BCUT2D eigenvalue weighted by molar-refractivity contribution is 0.187. The Morgan fingerprint density at radius 3 is 2.92 bits per heavy atom. The van der Waals surface area contributed by atoms with Crippen LogP contribution in [-0.4, -0.2) is 48.3 Å². The van der Waals surface area contributed by atoms with E-state index in [2.05, 4.69) is 17.1 Å². The smallest absolute Gasteiger partial charge is 0.0636 e. The van der Waals surface area contributed by atoms with E-state index >= 15 is 0 Å². The van der Waals surface area contributed by atoms with Gasteiger partial charge in [-0.2, -0.15) is 0 Å². The van der Waals surface area contributed by atoms with Crippen LogP contribution in [0.1, 0.15) is 26.7 Å². The predicted octanol–water partition coefficient (Wildman–Crippen LogP) is 0.441. The molecule has 1 aliphatic heterocycles. The number of hydrogen-bond donors (Lipinski definition) is 2. The summed E-state index contributed by atoms with van der Waals surface area (Å²) in [6.45, 7) is 8.18. The summed E-state index contributed by atoms with van der Waals surface area (Å²) in [5.74, 6) is 0. The van der Waals surface area contributed by atoms with Gasteiger partial charge >= 0.3 is 0 Å². The number of nitrogens with one attached hydrogen (secondary N) is 1. The number of likely N-dealkylation sites (tertiary alicyclic amines) is 1. The molecule has 2 unspecified atom stereocenters. The minimum absolute atomic E-state index is 0.226. The Balaban J connectivity index is 1.99. The summed E-state index contributed by atoms with van der Waals surface area (Å²) in [7, 11) is 0. The van der Waals surface area contributed by atoms with Gasteiger partial charge in [0.1, 0.15) is 0 Å². The molecule has 0 aromatic carbocycles. The van der Waals surface area contributed by atoms with Crippen LogP contribution in [0.5, 0.6) is 0 Å². The van der Waals surface area contributed by atoms with Crippen molar-refractivity contribution in [3.63, 3.8) is 0 Å². The molecule has 1 aliphatic rings. The molecule has 1 fully saturated rings. The van der Waals surface area contributed by atoms with Crippen molar-refractivity contribution in [2.45, 2.75) is 38.8 Å². The first kappa shape index (κ1) is 11.0. The summed E-state index contributed by atoms with van der Waals surface area (Å²) in [6.07, 6.45) is 2.46. The van der Waals surface area contributed by atoms with Crippen LogP contribution in [0.2, 0.25) is 0 Å². The van der Waals surface area contributed by atoms with Crippen LogP contribution < -0.4 is 5.32 Å². The number of aliphatic hydroxyl groups excluding tert-OH is 1. The fourth-order valence-electron chi connectivity index (χ4n) is 1.86. The van der Waals surface area contributed by atoms with Gasteiger partial charge in [-0.05, 0) is 33.2 Å². The Morgan fingerprint density at radius 2 is 2.38 bits per heavy atom. The van der Waals surface area contributed by atoms with Crippen molar-refractivity contribution < 1.29 is 5.11 Å². The van der Waals surface area contributed by atoms with Crippen molar-refractivity contribution >= 4 is 0 Å². The van der Waals surface area contributed by atoms with Crippen molar-refractivity contribution in [3.8, 4) is 0 Å². The third-order valence-corrected chi connectivity index (χ3v) is 2.71. The third-order valence-electron chi connectivity index (χ3n) is 2.71. The molecule has 0 saturated carbocycles. The van der Waals surface area contributed by atoms with Gasteiger partial charge in [-0.25, -0.2) is 0 Å². The second kappa shape index (κ2) is 5.58. The molecule has 0 aliphatic carbocycles. The summed E-state index contributed by atoms with van der Waals surface area (Å²) in [5.41, 5.74) is 0. The molecule has 0 spiro atoms. The number of rotatable bonds is 5. The van der Waals surface area contributed by atoms with Crippen molar-refractivity contribution in [2.75, 3.05) is 26.2 Å². The molecule has 78 valence electrons. The van der Waals surface area contributed by atoms with Gasteiger partial charge in [0.15, 0.2) is 0 Å². The van der Waals surface area contributed by atoms with Crippen LogP contribution in [0.15, 0.2) is 0 Å². The van der Waals surface area contributed by atoms with Crippen LogP contribution in [0.25, 0.3) is 0 Å². The summed E-state index contributed by atoms with van der Waals surface area (Å²) in [6, 6.07) is 0.758. The standard InChI is InChI=1S/C10H22N2O/c1-9-4-3-6-12(9)7-5-11-8-10(2)13/h9-11,13H,3-8H2,1-2H3. The minimum atomic E-state index is -0.226. The monoisotopic (exact) mass is 186 g/mol. The molecular weight excluding hydrogens is 164 g/mol. The van der Waals surface area contributed by atoms with E-state index in [1.54, 1.807) is 0 Å².